The highest BCUT2D eigenvalue weighted by atomic mass is 32.2. The molecule has 2 aromatic heterocycles. The predicted octanol–water partition coefficient (Wildman–Crippen LogP) is 3.24. The quantitative estimate of drug-likeness (QED) is 0.379. The standard InChI is InChI=1S/C25H26FN5O3S/c1-16-9-10-18(15-19(16)26)27-20(32)12-14-35-24-28-21-22(29(2)25(34)30(3)23(21)33)31(24)13-11-17-7-5-4-6-8-17/h4-10,15H,11-14H2,1-3H3,(H,27,32). The molecule has 0 unspecified atom stereocenters. The van der Waals surface area contributed by atoms with Crippen molar-refractivity contribution in [2.24, 2.45) is 14.1 Å². The number of fused-ring (bicyclic) bond motifs is 1. The maximum Gasteiger partial charge on any atom is 0.332 e. The average molecular weight is 496 g/mol. The maximum atomic E-state index is 13.7. The number of nitrogens with zero attached hydrogens (tertiary/aromatic N) is 4. The molecule has 0 saturated heterocycles. The van der Waals surface area contributed by atoms with Crippen LogP contribution in [0.5, 0.6) is 0 Å². The molecule has 35 heavy (non-hydrogen) atoms. The van der Waals surface area contributed by atoms with Crippen molar-refractivity contribution in [1.29, 1.82) is 0 Å². The Morgan fingerprint density at radius 1 is 1.09 bits per heavy atom. The minimum atomic E-state index is -0.456. The first-order valence-corrected chi connectivity index (χ1v) is 12.1. The summed E-state index contributed by atoms with van der Waals surface area (Å²) >= 11 is 1.33. The van der Waals surface area contributed by atoms with Crippen LogP contribution < -0.4 is 16.6 Å². The van der Waals surface area contributed by atoms with Gasteiger partial charge < -0.3 is 9.88 Å². The Hall–Kier alpha value is -3.66. The number of carbonyl (C=O) groups excluding carboxylic acids is 1. The van der Waals surface area contributed by atoms with Gasteiger partial charge in [0.05, 0.1) is 0 Å². The first-order chi connectivity index (χ1) is 16.8. The Kier molecular flexibility index (Phi) is 7.20. The Morgan fingerprint density at radius 3 is 2.54 bits per heavy atom. The summed E-state index contributed by atoms with van der Waals surface area (Å²) in [5.74, 6) is -0.240. The third-order valence-electron chi connectivity index (χ3n) is 5.79. The number of aromatic nitrogens is 4. The number of carbonyl (C=O) groups is 1. The van der Waals surface area contributed by atoms with Crippen LogP contribution in [0.3, 0.4) is 0 Å². The average Bonchev–Trinajstić information content (AvgIpc) is 3.21. The van der Waals surface area contributed by atoms with Crippen LogP contribution in [0.25, 0.3) is 11.2 Å². The second-order valence-electron chi connectivity index (χ2n) is 8.27. The molecule has 10 heteroatoms. The fourth-order valence-electron chi connectivity index (χ4n) is 3.80. The summed E-state index contributed by atoms with van der Waals surface area (Å²) < 4.78 is 18.1. The fourth-order valence-corrected chi connectivity index (χ4v) is 4.76. The summed E-state index contributed by atoms with van der Waals surface area (Å²) in [5, 5.41) is 3.26. The Labute approximate surface area is 205 Å². The molecule has 0 fully saturated rings. The summed E-state index contributed by atoms with van der Waals surface area (Å²) in [6.07, 6.45) is 0.849. The smallest absolute Gasteiger partial charge is 0.326 e. The number of benzene rings is 2. The Balaban J connectivity index is 1.56. The molecular formula is C25H26FN5O3S. The van der Waals surface area contributed by atoms with Gasteiger partial charge in [0.2, 0.25) is 5.91 Å². The lowest BCUT2D eigenvalue weighted by atomic mass is 10.1. The number of hydrogen-bond donors (Lipinski definition) is 1. The Bertz CT molecular complexity index is 1510. The number of anilines is 1. The van der Waals surface area contributed by atoms with Gasteiger partial charge in [0.1, 0.15) is 5.82 Å². The summed E-state index contributed by atoms with van der Waals surface area (Å²) in [6.45, 7) is 2.17. The van der Waals surface area contributed by atoms with E-state index in [1.807, 2.05) is 34.9 Å². The zero-order valence-corrected chi connectivity index (χ0v) is 20.6. The van der Waals surface area contributed by atoms with E-state index in [2.05, 4.69) is 10.3 Å². The van der Waals surface area contributed by atoms with Gasteiger partial charge in [-0.25, -0.2) is 14.2 Å². The van der Waals surface area contributed by atoms with Crippen LogP contribution in [0, 0.1) is 12.7 Å². The minimum Gasteiger partial charge on any atom is -0.326 e. The van der Waals surface area contributed by atoms with E-state index in [0.717, 1.165) is 10.1 Å². The highest BCUT2D eigenvalue weighted by molar-refractivity contribution is 7.99. The van der Waals surface area contributed by atoms with E-state index < -0.39 is 11.2 Å². The van der Waals surface area contributed by atoms with E-state index in [-0.39, 0.29) is 23.7 Å². The molecule has 2 heterocycles. The number of thioether (sulfide) groups is 1. The molecule has 1 amide bonds. The monoisotopic (exact) mass is 495 g/mol. The van der Waals surface area contributed by atoms with Gasteiger partial charge in [-0.2, -0.15) is 0 Å². The number of aryl methyl sites for hydroxylation is 4. The highest BCUT2D eigenvalue weighted by Gasteiger charge is 2.19. The molecule has 2 aromatic carbocycles. The van der Waals surface area contributed by atoms with Crippen LogP contribution in [0.4, 0.5) is 10.1 Å². The summed E-state index contributed by atoms with van der Waals surface area (Å²) in [5.41, 5.74) is 1.81. The topological polar surface area (TPSA) is 90.9 Å². The molecule has 0 aliphatic heterocycles. The van der Waals surface area contributed by atoms with E-state index in [1.54, 1.807) is 26.1 Å². The molecule has 0 saturated carbocycles. The van der Waals surface area contributed by atoms with E-state index >= 15 is 0 Å². The number of rotatable bonds is 8. The van der Waals surface area contributed by atoms with Crippen LogP contribution >= 0.6 is 11.8 Å². The van der Waals surface area contributed by atoms with Gasteiger partial charge >= 0.3 is 5.69 Å². The first-order valence-electron chi connectivity index (χ1n) is 11.1. The van der Waals surface area contributed by atoms with Crippen LogP contribution in [-0.2, 0) is 31.9 Å². The fraction of sp³-hybridized carbons (Fsp3) is 0.280. The molecule has 0 aliphatic carbocycles. The van der Waals surface area contributed by atoms with E-state index in [9.17, 15) is 18.8 Å². The normalized spacial score (nSPS) is 11.2. The highest BCUT2D eigenvalue weighted by Crippen LogP contribution is 2.23. The Morgan fingerprint density at radius 2 is 1.83 bits per heavy atom. The zero-order valence-electron chi connectivity index (χ0n) is 19.7. The molecule has 0 radical (unpaired) electrons. The van der Waals surface area contributed by atoms with Gasteiger partial charge in [-0.05, 0) is 36.6 Å². The van der Waals surface area contributed by atoms with Crippen molar-refractivity contribution in [3.05, 3.63) is 86.3 Å². The van der Waals surface area contributed by atoms with Gasteiger partial charge in [-0.1, -0.05) is 48.2 Å². The molecule has 0 bridgehead atoms. The molecule has 8 nitrogen and oxygen atoms in total. The lowest BCUT2D eigenvalue weighted by molar-refractivity contribution is -0.115. The van der Waals surface area contributed by atoms with Gasteiger partial charge in [-0.15, -0.1) is 0 Å². The summed E-state index contributed by atoms with van der Waals surface area (Å²) in [6, 6.07) is 14.5. The van der Waals surface area contributed by atoms with Gasteiger partial charge in [0.25, 0.3) is 5.56 Å². The third kappa shape index (κ3) is 5.22. The van der Waals surface area contributed by atoms with Crippen molar-refractivity contribution in [3.63, 3.8) is 0 Å². The lowest BCUT2D eigenvalue weighted by Crippen LogP contribution is -2.37. The third-order valence-corrected chi connectivity index (χ3v) is 6.77. The van der Waals surface area contributed by atoms with Gasteiger partial charge in [0.15, 0.2) is 16.3 Å². The number of halogens is 1. The van der Waals surface area contributed by atoms with Crippen LogP contribution in [0.15, 0.2) is 63.3 Å². The molecule has 182 valence electrons. The largest absolute Gasteiger partial charge is 0.332 e. The van der Waals surface area contributed by atoms with Gasteiger partial charge in [-0.3, -0.25) is 18.7 Å². The van der Waals surface area contributed by atoms with E-state index in [4.69, 9.17) is 0 Å². The maximum absolute atomic E-state index is 13.7. The predicted molar refractivity (Wildman–Crippen MR) is 135 cm³/mol. The minimum absolute atomic E-state index is 0.166. The molecular weight excluding hydrogens is 469 g/mol. The van der Waals surface area contributed by atoms with Gasteiger partial charge in [0, 0.05) is 38.5 Å². The second kappa shape index (κ2) is 10.3. The SMILES string of the molecule is Cc1ccc(NC(=O)CCSc2nc3c(=O)n(C)c(=O)n(C)c3n2CCc2ccccc2)cc1F. The van der Waals surface area contributed by atoms with E-state index in [0.29, 0.717) is 40.8 Å². The summed E-state index contributed by atoms with van der Waals surface area (Å²) in [4.78, 5) is 42.2. The molecule has 0 aliphatic rings. The zero-order chi connectivity index (χ0) is 25.1. The van der Waals surface area contributed by atoms with Crippen LogP contribution in [-0.4, -0.2) is 30.3 Å². The lowest BCUT2D eigenvalue weighted by Gasteiger charge is -2.11. The second-order valence-corrected chi connectivity index (χ2v) is 9.33. The number of imidazole rings is 1. The van der Waals surface area contributed by atoms with Crippen LogP contribution in [0.2, 0.25) is 0 Å². The molecule has 4 rings (SSSR count). The van der Waals surface area contributed by atoms with Crippen molar-refractivity contribution in [2.75, 3.05) is 11.1 Å². The molecule has 0 spiro atoms. The van der Waals surface area contributed by atoms with Crippen molar-refractivity contribution in [1.82, 2.24) is 18.7 Å². The van der Waals surface area contributed by atoms with Crippen molar-refractivity contribution in [3.8, 4) is 0 Å². The number of hydrogen-bond acceptors (Lipinski definition) is 5. The van der Waals surface area contributed by atoms with E-state index in [1.165, 1.54) is 29.4 Å². The molecule has 1 N–H and O–H groups in total. The van der Waals surface area contributed by atoms with Crippen molar-refractivity contribution < 1.29 is 9.18 Å². The molecule has 4 aromatic rings. The summed E-state index contributed by atoms with van der Waals surface area (Å²) in [7, 11) is 3.05. The van der Waals surface area contributed by atoms with Crippen molar-refractivity contribution in [2.45, 2.75) is 31.5 Å². The van der Waals surface area contributed by atoms with Crippen molar-refractivity contribution >= 4 is 34.5 Å². The number of amides is 1. The molecule has 0 atom stereocenters. The number of nitrogens with one attached hydrogen (secondary N) is 1. The first kappa shape index (κ1) is 24.5. The van der Waals surface area contributed by atoms with Crippen LogP contribution in [0.1, 0.15) is 17.5 Å².